The summed E-state index contributed by atoms with van der Waals surface area (Å²) in [7, 11) is 0. The number of hydrogen-bond acceptors (Lipinski definition) is 3. The molecule has 0 saturated heterocycles. The number of fused-ring (bicyclic) bond motifs is 1. The van der Waals surface area contributed by atoms with Crippen LogP contribution >= 0.6 is 0 Å². The molecule has 0 amide bonds. The smallest absolute Gasteiger partial charge is 0.192 e. The van der Waals surface area contributed by atoms with Gasteiger partial charge in [0.05, 0.1) is 6.61 Å². The number of phenolic OH excluding ortho intramolecular Hbond substituents is 1. The summed E-state index contributed by atoms with van der Waals surface area (Å²) >= 11 is 0. The Morgan fingerprint density at radius 1 is 1.53 bits per heavy atom. The van der Waals surface area contributed by atoms with Crippen LogP contribution in [0.5, 0.6) is 11.5 Å². The molecule has 0 aliphatic carbocycles. The van der Waals surface area contributed by atoms with Crippen LogP contribution in [0.3, 0.4) is 0 Å². The Kier molecular flexibility index (Phi) is 2.29. The first-order valence-electron chi connectivity index (χ1n) is 4.79. The van der Waals surface area contributed by atoms with Crippen LogP contribution in [0, 0.1) is 12.3 Å². The van der Waals surface area contributed by atoms with E-state index in [1.165, 1.54) is 0 Å². The van der Waals surface area contributed by atoms with Gasteiger partial charge in [0.2, 0.25) is 0 Å². The molecule has 0 radical (unpaired) electrons. The summed E-state index contributed by atoms with van der Waals surface area (Å²) in [4.78, 5) is 0. The van der Waals surface area contributed by atoms with E-state index in [1.54, 1.807) is 18.2 Å². The van der Waals surface area contributed by atoms with Crippen LogP contribution in [0.15, 0.2) is 18.2 Å². The highest BCUT2D eigenvalue weighted by Crippen LogP contribution is 2.34. The number of terminal acetylenes is 1. The van der Waals surface area contributed by atoms with Crippen LogP contribution in [-0.4, -0.2) is 22.4 Å². The molecule has 0 spiro atoms. The maximum Gasteiger partial charge on any atom is 0.192 e. The van der Waals surface area contributed by atoms with Crippen molar-refractivity contribution in [2.24, 2.45) is 0 Å². The fraction of sp³-hybridized carbons (Fsp3) is 0.333. The molecule has 0 aromatic heterocycles. The van der Waals surface area contributed by atoms with Crippen molar-refractivity contribution in [2.45, 2.75) is 18.4 Å². The van der Waals surface area contributed by atoms with Gasteiger partial charge in [0.15, 0.2) is 5.60 Å². The molecule has 1 aliphatic rings. The normalized spacial score (nSPS) is 23.7. The third kappa shape index (κ3) is 1.64. The first-order valence-corrected chi connectivity index (χ1v) is 4.79. The zero-order valence-corrected chi connectivity index (χ0v) is 8.23. The lowest BCUT2D eigenvalue weighted by molar-refractivity contribution is 0.0408. The van der Waals surface area contributed by atoms with Gasteiger partial charge in [-0.1, -0.05) is 5.92 Å². The molecule has 0 unspecified atom stereocenters. The number of phenols is 1. The summed E-state index contributed by atoms with van der Waals surface area (Å²) in [6, 6.07) is 4.88. The largest absolute Gasteiger partial charge is 0.508 e. The van der Waals surface area contributed by atoms with Crippen LogP contribution in [0.4, 0.5) is 0 Å². The number of benzene rings is 1. The predicted octanol–water partition coefficient (Wildman–Crippen LogP) is 1.08. The lowest BCUT2D eigenvalue weighted by atomic mass is 9.92. The zero-order chi connectivity index (χ0) is 10.9. The average Bonchev–Trinajstić information content (AvgIpc) is 2.28. The second-order valence-corrected chi connectivity index (χ2v) is 3.69. The molecule has 2 rings (SSSR count). The van der Waals surface area contributed by atoms with Crippen molar-refractivity contribution in [3.8, 4) is 23.8 Å². The van der Waals surface area contributed by atoms with Crippen LogP contribution in [0.25, 0.3) is 0 Å². The number of aliphatic hydroxyl groups is 1. The van der Waals surface area contributed by atoms with Gasteiger partial charge in [-0.25, -0.2) is 0 Å². The molecule has 1 aromatic rings. The highest BCUT2D eigenvalue weighted by atomic mass is 16.5. The lowest BCUT2D eigenvalue weighted by Gasteiger charge is -2.33. The topological polar surface area (TPSA) is 49.7 Å². The molecule has 78 valence electrons. The minimum Gasteiger partial charge on any atom is -0.508 e. The van der Waals surface area contributed by atoms with Gasteiger partial charge < -0.3 is 14.9 Å². The Labute approximate surface area is 88.3 Å². The molecule has 0 fully saturated rings. The lowest BCUT2D eigenvalue weighted by Crippen LogP contribution is -2.41. The van der Waals surface area contributed by atoms with Crippen LogP contribution < -0.4 is 4.74 Å². The quantitative estimate of drug-likeness (QED) is 0.673. The van der Waals surface area contributed by atoms with Crippen molar-refractivity contribution in [1.29, 1.82) is 0 Å². The van der Waals surface area contributed by atoms with E-state index in [2.05, 4.69) is 5.92 Å². The van der Waals surface area contributed by atoms with Gasteiger partial charge in [0, 0.05) is 6.42 Å². The molecule has 3 nitrogen and oxygen atoms in total. The summed E-state index contributed by atoms with van der Waals surface area (Å²) in [5.41, 5.74) is 0.0265. The van der Waals surface area contributed by atoms with Gasteiger partial charge in [-0.05, 0) is 30.2 Å². The standard InChI is InChI=1S/C12H12O3/c1-2-12(8-13)6-5-9-7-10(14)3-4-11(9)15-12/h1,3-4,7,13-14H,5-6,8H2/t12-/m1/s1. The van der Waals surface area contributed by atoms with Crippen molar-refractivity contribution < 1.29 is 14.9 Å². The zero-order valence-electron chi connectivity index (χ0n) is 8.23. The number of aliphatic hydroxyl groups excluding tert-OH is 1. The first kappa shape index (κ1) is 9.88. The van der Waals surface area contributed by atoms with Crippen LogP contribution in [0.2, 0.25) is 0 Å². The average molecular weight is 204 g/mol. The summed E-state index contributed by atoms with van der Waals surface area (Å²) in [6.07, 6.45) is 6.62. The van der Waals surface area contributed by atoms with E-state index in [9.17, 15) is 10.2 Å². The minimum atomic E-state index is -0.899. The van der Waals surface area contributed by atoms with Gasteiger partial charge in [0.1, 0.15) is 11.5 Å². The van der Waals surface area contributed by atoms with Crippen molar-refractivity contribution in [3.05, 3.63) is 23.8 Å². The summed E-state index contributed by atoms with van der Waals surface area (Å²) in [5.74, 6) is 3.35. The Hall–Kier alpha value is -1.66. The van der Waals surface area contributed by atoms with E-state index in [-0.39, 0.29) is 12.4 Å². The second kappa shape index (κ2) is 3.48. The van der Waals surface area contributed by atoms with Crippen molar-refractivity contribution in [1.82, 2.24) is 0 Å². The van der Waals surface area contributed by atoms with Gasteiger partial charge in [0.25, 0.3) is 0 Å². The fourth-order valence-electron chi connectivity index (χ4n) is 1.72. The molecular weight excluding hydrogens is 192 g/mol. The highest BCUT2D eigenvalue weighted by molar-refractivity contribution is 5.42. The van der Waals surface area contributed by atoms with Gasteiger partial charge >= 0.3 is 0 Å². The predicted molar refractivity (Wildman–Crippen MR) is 55.7 cm³/mol. The third-order valence-electron chi connectivity index (χ3n) is 2.67. The Morgan fingerprint density at radius 3 is 3.00 bits per heavy atom. The molecule has 0 saturated carbocycles. The molecule has 3 heteroatoms. The van der Waals surface area contributed by atoms with Crippen LogP contribution in [0.1, 0.15) is 12.0 Å². The molecular formula is C12H12O3. The van der Waals surface area contributed by atoms with Crippen molar-refractivity contribution in [3.63, 3.8) is 0 Å². The number of ether oxygens (including phenoxy) is 1. The van der Waals surface area contributed by atoms with Gasteiger partial charge in [-0.15, -0.1) is 6.42 Å². The van der Waals surface area contributed by atoms with E-state index in [0.717, 1.165) is 5.56 Å². The van der Waals surface area contributed by atoms with E-state index < -0.39 is 5.60 Å². The Balaban J connectivity index is 2.35. The SMILES string of the molecule is C#C[C@]1(CO)CCc2cc(O)ccc2O1. The highest BCUT2D eigenvalue weighted by Gasteiger charge is 2.33. The second-order valence-electron chi connectivity index (χ2n) is 3.69. The molecule has 1 atom stereocenters. The maximum absolute atomic E-state index is 9.29. The van der Waals surface area contributed by atoms with E-state index >= 15 is 0 Å². The van der Waals surface area contributed by atoms with Gasteiger partial charge in [-0.3, -0.25) is 0 Å². The number of aromatic hydroxyl groups is 1. The number of hydrogen-bond donors (Lipinski definition) is 2. The van der Waals surface area contributed by atoms with Crippen LogP contribution in [-0.2, 0) is 6.42 Å². The van der Waals surface area contributed by atoms with E-state index in [0.29, 0.717) is 18.6 Å². The van der Waals surface area contributed by atoms with Crippen molar-refractivity contribution in [2.75, 3.05) is 6.61 Å². The van der Waals surface area contributed by atoms with E-state index in [4.69, 9.17) is 11.2 Å². The summed E-state index contributed by atoms with van der Waals surface area (Å²) < 4.78 is 5.58. The third-order valence-corrected chi connectivity index (χ3v) is 2.67. The summed E-state index contributed by atoms with van der Waals surface area (Å²) in [6.45, 7) is -0.191. The fourth-order valence-corrected chi connectivity index (χ4v) is 1.72. The maximum atomic E-state index is 9.29. The van der Waals surface area contributed by atoms with E-state index in [1.807, 2.05) is 0 Å². The molecule has 1 aliphatic heterocycles. The Bertz CT molecular complexity index is 419. The number of rotatable bonds is 1. The first-order chi connectivity index (χ1) is 7.19. The molecule has 1 aromatic carbocycles. The molecule has 15 heavy (non-hydrogen) atoms. The van der Waals surface area contributed by atoms with Crippen molar-refractivity contribution >= 4 is 0 Å². The molecule has 2 N–H and O–H groups in total. The minimum absolute atomic E-state index is 0.191. The van der Waals surface area contributed by atoms with Gasteiger partial charge in [-0.2, -0.15) is 0 Å². The monoisotopic (exact) mass is 204 g/mol. The number of aryl methyl sites for hydroxylation is 1. The molecule has 1 heterocycles. The summed E-state index contributed by atoms with van der Waals surface area (Å²) in [5, 5.41) is 18.5. The Morgan fingerprint density at radius 2 is 2.33 bits per heavy atom. The molecule has 0 bridgehead atoms.